The van der Waals surface area contributed by atoms with Crippen LogP contribution in [0.2, 0.25) is 0 Å². The highest BCUT2D eigenvalue weighted by atomic mass is 16.4. The van der Waals surface area contributed by atoms with Crippen molar-refractivity contribution in [3.63, 3.8) is 0 Å². The summed E-state index contributed by atoms with van der Waals surface area (Å²) in [5.41, 5.74) is -1.96. The largest absolute Gasteiger partial charge is 0.543 e. The first-order valence-electron chi connectivity index (χ1n) is 6.72. The molecule has 2 unspecified atom stereocenters. The van der Waals surface area contributed by atoms with Crippen molar-refractivity contribution in [1.29, 1.82) is 0 Å². The SMILES string of the molecule is C=CCNCCCC(C)[N+](C)(C)C(C)(C(=O)[O-])C(=O)O. The van der Waals surface area contributed by atoms with E-state index in [-0.39, 0.29) is 10.5 Å². The summed E-state index contributed by atoms with van der Waals surface area (Å²) in [5, 5.41) is 23.7. The smallest absolute Gasteiger partial charge is 0.371 e. The predicted molar refractivity (Wildman–Crippen MR) is 74.9 cm³/mol. The number of likely N-dealkylation sites (N-methyl/N-ethyl adjacent to an activating group) is 1. The Morgan fingerprint density at radius 1 is 1.50 bits per heavy atom. The molecule has 0 saturated heterocycles. The number of hydrogen-bond acceptors (Lipinski definition) is 4. The van der Waals surface area contributed by atoms with Crippen molar-refractivity contribution in [3.8, 4) is 0 Å². The Balaban J connectivity index is 4.79. The van der Waals surface area contributed by atoms with E-state index in [2.05, 4.69) is 11.9 Å². The molecule has 0 aromatic heterocycles. The number of rotatable bonds is 10. The number of carboxylic acids is 2. The number of quaternary nitrogens is 1. The van der Waals surface area contributed by atoms with Crippen LogP contribution < -0.4 is 10.4 Å². The summed E-state index contributed by atoms with van der Waals surface area (Å²) in [7, 11) is 3.23. The summed E-state index contributed by atoms with van der Waals surface area (Å²) < 4.78 is -0.161. The quantitative estimate of drug-likeness (QED) is 0.247. The molecule has 0 aromatic rings. The molecular weight excluding hydrogens is 260 g/mol. The maximum Gasteiger partial charge on any atom is 0.371 e. The summed E-state index contributed by atoms with van der Waals surface area (Å²) in [6.45, 7) is 8.17. The minimum Gasteiger partial charge on any atom is -0.543 e. The third-order valence-electron chi connectivity index (χ3n) is 4.33. The Hall–Kier alpha value is -1.40. The van der Waals surface area contributed by atoms with E-state index < -0.39 is 17.5 Å². The molecule has 0 aromatic carbocycles. The zero-order chi connectivity index (χ0) is 16.0. The van der Waals surface area contributed by atoms with Gasteiger partial charge in [-0.1, -0.05) is 6.08 Å². The van der Waals surface area contributed by atoms with Crippen LogP contribution in [-0.4, -0.2) is 60.3 Å². The zero-order valence-electron chi connectivity index (χ0n) is 12.8. The molecule has 0 aliphatic heterocycles. The highest BCUT2D eigenvalue weighted by Gasteiger charge is 2.52. The van der Waals surface area contributed by atoms with Gasteiger partial charge < -0.3 is 24.8 Å². The highest BCUT2D eigenvalue weighted by molar-refractivity contribution is 6.00. The summed E-state index contributed by atoms with van der Waals surface area (Å²) >= 11 is 0. The lowest BCUT2D eigenvalue weighted by Crippen LogP contribution is -2.72. The van der Waals surface area contributed by atoms with E-state index in [4.69, 9.17) is 0 Å². The van der Waals surface area contributed by atoms with E-state index in [0.717, 1.165) is 19.5 Å². The highest BCUT2D eigenvalue weighted by Crippen LogP contribution is 2.26. The van der Waals surface area contributed by atoms with Crippen molar-refractivity contribution in [1.82, 2.24) is 5.32 Å². The molecular formula is C14H26N2O4. The predicted octanol–water partition coefficient (Wildman–Crippen LogP) is -0.400. The lowest BCUT2D eigenvalue weighted by Gasteiger charge is -2.48. The van der Waals surface area contributed by atoms with Crippen LogP contribution in [0.1, 0.15) is 26.7 Å². The molecule has 0 heterocycles. The Labute approximate surface area is 120 Å². The number of carbonyl (C=O) groups is 2. The average molecular weight is 286 g/mol. The normalized spacial score (nSPS) is 16.2. The molecule has 0 fully saturated rings. The zero-order valence-corrected chi connectivity index (χ0v) is 12.8. The summed E-state index contributed by atoms with van der Waals surface area (Å²) in [6.07, 6.45) is 3.31. The minimum atomic E-state index is -1.96. The number of nitrogens with one attached hydrogen (secondary N) is 1. The van der Waals surface area contributed by atoms with E-state index in [1.165, 1.54) is 6.92 Å². The van der Waals surface area contributed by atoms with Gasteiger partial charge in [-0.15, -0.1) is 6.58 Å². The van der Waals surface area contributed by atoms with Gasteiger partial charge in [-0.05, 0) is 19.9 Å². The molecule has 6 nitrogen and oxygen atoms in total. The van der Waals surface area contributed by atoms with Gasteiger partial charge in [0.15, 0.2) is 0 Å². The van der Waals surface area contributed by atoms with Crippen LogP contribution in [0.4, 0.5) is 0 Å². The summed E-state index contributed by atoms with van der Waals surface area (Å²) in [5.74, 6) is -2.94. The lowest BCUT2D eigenvalue weighted by atomic mass is 9.94. The van der Waals surface area contributed by atoms with Crippen molar-refractivity contribution in [3.05, 3.63) is 12.7 Å². The van der Waals surface area contributed by atoms with Crippen molar-refractivity contribution in [2.75, 3.05) is 27.2 Å². The molecule has 6 heteroatoms. The standard InChI is InChI=1S/C14H26N2O4/c1-6-9-15-10-7-8-11(2)16(4,5)14(3,12(17)18)13(19)20/h6,11,15H,1,7-10H2,2-5H3,(H-,17,18,19,20). The van der Waals surface area contributed by atoms with Crippen LogP contribution in [0.5, 0.6) is 0 Å². The molecule has 0 amide bonds. The molecule has 0 bridgehead atoms. The fourth-order valence-corrected chi connectivity index (χ4v) is 2.06. The van der Waals surface area contributed by atoms with Gasteiger partial charge in [-0.3, -0.25) is 0 Å². The van der Waals surface area contributed by atoms with Crippen LogP contribution in [0.3, 0.4) is 0 Å². The first-order chi connectivity index (χ1) is 9.12. The van der Waals surface area contributed by atoms with Gasteiger partial charge in [-0.2, -0.15) is 0 Å². The van der Waals surface area contributed by atoms with E-state index in [0.29, 0.717) is 6.42 Å². The van der Waals surface area contributed by atoms with Gasteiger partial charge in [0.05, 0.1) is 20.1 Å². The third-order valence-corrected chi connectivity index (χ3v) is 4.33. The number of carboxylic acid groups (broad SMARTS) is 2. The Morgan fingerprint density at radius 3 is 2.45 bits per heavy atom. The molecule has 2 atom stereocenters. The Kier molecular flexibility index (Phi) is 6.88. The molecule has 0 spiro atoms. The molecule has 2 N–H and O–H groups in total. The fourth-order valence-electron chi connectivity index (χ4n) is 2.06. The Morgan fingerprint density at radius 2 is 2.05 bits per heavy atom. The number of nitrogens with zero attached hydrogens (tertiary/aromatic N) is 1. The molecule has 116 valence electrons. The van der Waals surface area contributed by atoms with Crippen molar-refractivity contribution in [2.45, 2.75) is 38.3 Å². The second-order valence-electron chi connectivity index (χ2n) is 5.69. The van der Waals surface area contributed by atoms with E-state index >= 15 is 0 Å². The van der Waals surface area contributed by atoms with Crippen LogP contribution in [-0.2, 0) is 9.59 Å². The van der Waals surface area contributed by atoms with Crippen molar-refractivity contribution < 1.29 is 24.3 Å². The third kappa shape index (κ3) is 3.80. The number of hydrogen-bond donors (Lipinski definition) is 2. The molecule has 0 rings (SSSR count). The number of carbonyl (C=O) groups excluding carboxylic acids is 1. The topological polar surface area (TPSA) is 89.5 Å². The van der Waals surface area contributed by atoms with Gasteiger partial charge >= 0.3 is 5.97 Å². The van der Waals surface area contributed by atoms with Crippen molar-refractivity contribution in [2.24, 2.45) is 0 Å². The van der Waals surface area contributed by atoms with E-state index in [9.17, 15) is 19.8 Å². The monoisotopic (exact) mass is 286 g/mol. The van der Waals surface area contributed by atoms with E-state index in [1.54, 1.807) is 20.2 Å². The number of aliphatic carboxylic acids is 2. The van der Waals surface area contributed by atoms with Crippen LogP contribution in [0.25, 0.3) is 0 Å². The molecule has 20 heavy (non-hydrogen) atoms. The first kappa shape index (κ1) is 18.6. The Bertz CT molecular complexity index is 352. The molecule has 0 saturated carbocycles. The maximum atomic E-state index is 11.4. The maximum absolute atomic E-state index is 11.4. The van der Waals surface area contributed by atoms with E-state index in [1.807, 2.05) is 6.92 Å². The lowest BCUT2D eigenvalue weighted by molar-refractivity contribution is -0.944. The van der Waals surface area contributed by atoms with Gasteiger partial charge in [0.1, 0.15) is 5.97 Å². The van der Waals surface area contributed by atoms with Crippen LogP contribution in [0.15, 0.2) is 12.7 Å². The van der Waals surface area contributed by atoms with Crippen LogP contribution in [0, 0.1) is 0 Å². The summed E-state index contributed by atoms with van der Waals surface area (Å²) in [6, 6.07) is -0.125. The van der Waals surface area contributed by atoms with Crippen LogP contribution >= 0.6 is 0 Å². The minimum absolute atomic E-state index is 0.125. The van der Waals surface area contributed by atoms with Gasteiger partial charge in [0, 0.05) is 19.9 Å². The van der Waals surface area contributed by atoms with Gasteiger partial charge in [0.25, 0.3) is 0 Å². The second-order valence-corrected chi connectivity index (χ2v) is 5.69. The molecule has 0 aliphatic rings. The molecule has 0 radical (unpaired) electrons. The van der Waals surface area contributed by atoms with Gasteiger partial charge in [0.2, 0.25) is 5.54 Å². The average Bonchev–Trinajstić information content (AvgIpc) is 2.36. The fraction of sp³-hybridized carbons (Fsp3) is 0.714. The van der Waals surface area contributed by atoms with Crippen molar-refractivity contribution >= 4 is 11.9 Å². The molecule has 0 aliphatic carbocycles. The van der Waals surface area contributed by atoms with Gasteiger partial charge in [-0.25, -0.2) is 4.79 Å². The summed E-state index contributed by atoms with van der Waals surface area (Å²) in [4.78, 5) is 22.7. The first-order valence-corrected chi connectivity index (χ1v) is 6.72. The second kappa shape index (κ2) is 7.40.